The highest BCUT2D eigenvalue weighted by atomic mass is 32.2. The molecule has 0 heterocycles. The lowest BCUT2D eigenvalue weighted by Crippen LogP contribution is -2.23. The van der Waals surface area contributed by atoms with Crippen LogP contribution in [0.2, 0.25) is 0 Å². The van der Waals surface area contributed by atoms with Gasteiger partial charge in [0, 0.05) is 4.90 Å². The molecule has 0 saturated carbocycles. The van der Waals surface area contributed by atoms with Gasteiger partial charge in [0.25, 0.3) is 0 Å². The largest absolute Gasteiger partial charge is 0.465 e. The predicted molar refractivity (Wildman–Crippen MR) is 88.2 cm³/mol. The number of para-hydroxylation sites is 1. The number of carbonyl (C=O) groups is 2. The molecule has 0 fully saturated rings. The van der Waals surface area contributed by atoms with Gasteiger partial charge < -0.3 is 10.1 Å². The molecular formula is C17H17NO3S. The lowest BCUT2D eigenvalue weighted by molar-refractivity contribution is -0.115. The van der Waals surface area contributed by atoms with Crippen LogP contribution < -0.4 is 5.32 Å². The van der Waals surface area contributed by atoms with Crippen LogP contribution >= 0.6 is 11.8 Å². The third kappa shape index (κ3) is 4.11. The molecule has 1 atom stereocenters. The molecule has 2 aromatic carbocycles. The van der Waals surface area contributed by atoms with Gasteiger partial charge in [-0.15, -0.1) is 11.8 Å². The molecule has 0 radical (unpaired) electrons. The minimum Gasteiger partial charge on any atom is -0.465 e. The second-order valence-electron chi connectivity index (χ2n) is 4.60. The lowest BCUT2D eigenvalue weighted by Gasteiger charge is -2.14. The molecular weight excluding hydrogens is 298 g/mol. The van der Waals surface area contributed by atoms with Crippen molar-refractivity contribution in [3.8, 4) is 0 Å². The van der Waals surface area contributed by atoms with Gasteiger partial charge in [0.1, 0.15) is 0 Å². The number of benzene rings is 2. The van der Waals surface area contributed by atoms with E-state index in [1.807, 2.05) is 37.3 Å². The summed E-state index contributed by atoms with van der Waals surface area (Å²) >= 11 is 1.46. The molecule has 0 aliphatic carbocycles. The average molecular weight is 315 g/mol. The molecule has 2 rings (SSSR count). The monoisotopic (exact) mass is 315 g/mol. The lowest BCUT2D eigenvalue weighted by atomic mass is 10.2. The van der Waals surface area contributed by atoms with Crippen LogP contribution in [0, 0.1) is 0 Å². The molecule has 0 spiro atoms. The Bertz CT molecular complexity index is 658. The highest BCUT2D eigenvalue weighted by Crippen LogP contribution is 2.24. The predicted octanol–water partition coefficient (Wildman–Crippen LogP) is 3.59. The molecule has 1 N–H and O–H groups in total. The summed E-state index contributed by atoms with van der Waals surface area (Å²) in [5, 5.41) is 2.50. The van der Waals surface area contributed by atoms with Gasteiger partial charge in [0.15, 0.2) is 0 Å². The van der Waals surface area contributed by atoms with E-state index in [0.29, 0.717) is 11.3 Å². The highest BCUT2D eigenvalue weighted by molar-refractivity contribution is 8.00. The molecule has 0 saturated heterocycles. The molecule has 0 aliphatic rings. The molecule has 0 aromatic heterocycles. The normalized spacial score (nSPS) is 11.5. The molecule has 2 aromatic rings. The van der Waals surface area contributed by atoms with Crippen molar-refractivity contribution in [3.63, 3.8) is 0 Å². The number of amides is 1. The standard InChI is InChI=1S/C17H17NO3S/c1-12(22-13-8-4-3-5-9-13)16(19)18-15-11-7-6-10-14(15)17(20)21-2/h3-12H,1-2H3,(H,18,19)/t12-/m0/s1. The maximum absolute atomic E-state index is 12.3. The van der Waals surface area contributed by atoms with Crippen molar-refractivity contribution in [2.24, 2.45) is 0 Å². The third-order valence-electron chi connectivity index (χ3n) is 3.02. The number of rotatable bonds is 5. The molecule has 114 valence electrons. The first-order valence-electron chi connectivity index (χ1n) is 6.81. The van der Waals surface area contributed by atoms with E-state index in [9.17, 15) is 9.59 Å². The summed E-state index contributed by atoms with van der Waals surface area (Å²) in [5.74, 6) is -0.635. The first-order chi connectivity index (χ1) is 10.6. The summed E-state index contributed by atoms with van der Waals surface area (Å²) in [6, 6.07) is 16.5. The zero-order valence-corrected chi connectivity index (χ0v) is 13.2. The SMILES string of the molecule is COC(=O)c1ccccc1NC(=O)[C@H](C)Sc1ccccc1. The Kier molecular flexibility index (Phi) is 5.61. The minimum absolute atomic E-state index is 0.162. The Morgan fingerprint density at radius 2 is 1.68 bits per heavy atom. The Labute approximate surface area is 133 Å². The van der Waals surface area contributed by atoms with Crippen LogP contribution in [0.3, 0.4) is 0 Å². The van der Waals surface area contributed by atoms with Crippen molar-refractivity contribution in [3.05, 3.63) is 60.2 Å². The number of hydrogen-bond acceptors (Lipinski definition) is 4. The molecule has 1 amide bonds. The van der Waals surface area contributed by atoms with Crippen LogP contribution in [0.1, 0.15) is 17.3 Å². The molecule has 0 aliphatic heterocycles. The first-order valence-corrected chi connectivity index (χ1v) is 7.69. The van der Waals surface area contributed by atoms with Gasteiger partial charge in [-0.05, 0) is 31.2 Å². The Morgan fingerprint density at radius 3 is 2.36 bits per heavy atom. The highest BCUT2D eigenvalue weighted by Gasteiger charge is 2.18. The van der Waals surface area contributed by atoms with E-state index in [4.69, 9.17) is 4.74 Å². The zero-order valence-electron chi connectivity index (χ0n) is 12.4. The molecule has 0 unspecified atom stereocenters. The van der Waals surface area contributed by atoms with Crippen LogP contribution in [-0.2, 0) is 9.53 Å². The molecule has 0 bridgehead atoms. The second-order valence-corrected chi connectivity index (χ2v) is 6.01. The number of anilines is 1. The van der Waals surface area contributed by atoms with Crippen LogP contribution in [0.25, 0.3) is 0 Å². The summed E-state index contributed by atoms with van der Waals surface area (Å²) in [6.07, 6.45) is 0. The first kappa shape index (κ1) is 16.1. The summed E-state index contributed by atoms with van der Waals surface area (Å²) in [4.78, 5) is 25.0. The molecule has 5 heteroatoms. The van der Waals surface area contributed by atoms with E-state index in [0.717, 1.165) is 4.90 Å². The van der Waals surface area contributed by atoms with Crippen molar-refractivity contribution in [2.45, 2.75) is 17.1 Å². The van der Waals surface area contributed by atoms with Crippen LogP contribution in [0.5, 0.6) is 0 Å². The van der Waals surface area contributed by atoms with Crippen LogP contribution in [0.15, 0.2) is 59.5 Å². The summed E-state index contributed by atoms with van der Waals surface area (Å²) < 4.78 is 4.72. The van der Waals surface area contributed by atoms with E-state index in [1.165, 1.54) is 18.9 Å². The third-order valence-corrected chi connectivity index (χ3v) is 4.13. The van der Waals surface area contributed by atoms with Gasteiger partial charge >= 0.3 is 5.97 Å². The maximum Gasteiger partial charge on any atom is 0.339 e. The van der Waals surface area contributed by atoms with Gasteiger partial charge in [0.2, 0.25) is 5.91 Å². The number of hydrogen-bond donors (Lipinski definition) is 1. The Morgan fingerprint density at radius 1 is 1.05 bits per heavy atom. The fourth-order valence-corrected chi connectivity index (χ4v) is 2.76. The van der Waals surface area contributed by atoms with E-state index in [1.54, 1.807) is 24.3 Å². The second kappa shape index (κ2) is 7.66. The van der Waals surface area contributed by atoms with Gasteiger partial charge in [-0.2, -0.15) is 0 Å². The minimum atomic E-state index is -0.473. The number of thioether (sulfide) groups is 1. The number of carbonyl (C=O) groups excluding carboxylic acids is 2. The van der Waals surface area contributed by atoms with Crippen molar-refractivity contribution >= 4 is 29.3 Å². The maximum atomic E-state index is 12.3. The number of ether oxygens (including phenoxy) is 1. The number of nitrogens with one attached hydrogen (secondary N) is 1. The van der Waals surface area contributed by atoms with Crippen molar-refractivity contribution < 1.29 is 14.3 Å². The summed E-state index contributed by atoms with van der Waals surface area (Å²) in [6.45, 7) is 1.83. The quantitative estimate of drug-likeness (QED) is 0.676. The number of methoxy groups -OCH3 is 1. The van der Waals surface area contributed by atoms with Gasteiger partial charge in [-0.25, -0.2) is 4.79 Å². The van der Waals surface area contributed by atoms with Gasteiger partial charge in [-0.3, -0.25) is 4.79 Å². The molecule has 22 heavy (non-hydrogen) atoms. The Hall–Kier alpha value is -2.27. The summed E-state index contributed by atoms with van der Waals surface area (Å²) in [5.41, 5.74) is 0.801. The van der Waals surface area contributed by atoms with E-state index in [-0.39, 0.29) is 11.2 Å². The fraction of sp³-hybridized carbons (Fsp3) is 0.176. The van der Waals surface area contributed by atoms with E-state index >= 15 is 0 Å². The van der Waals surface area contributed by atoms with Crippen molar-refractivity contribution in [2.75, 3.05) is 12.4 Å². The topological polar surface area (TPSA) is 55.4 Å². The van der Waals surface area contributed by atoms with Crippen molar-refractivity contribution in [1.82, 2.24) is 0 Å². The number of esters is 1. The average Bonchev–Trinajstić information content (AvgIpc) is 2.55. The fourth-order valence-electron chi connectivity index (χ4n) is 1.87. The van der Waals surface area contributed by atoms with Crippen LogP contribution in [0.4, 0.5) is 5.69 Å². The van der Waals surface area contributed by atoms with Crippen LogP contribution in [-0.4, -0.2) is 24.2 Å². The van der Waals surface area contributed by atoms with E-state index in [2.05, 4.69) is 5.32 Å². The zero-order chi connectivity index (χ0) is 15.9. The van der Waals surface area contributed by atoms with Gasteiger partial charge in [-0.1, -0.05) is 30.3 Å². The molecule has 4 nitrogen and oxygen atoms in total. The Balaban J connectivity index is 2.07. The summed E-state index contributed by atoms with van der Waals surface area (Å²) in [7, 11) is 1.31. The van der Waals surface area contributed by atoms with E-state index < -0.39 is 5.97 Å². The smallest absolute Gasteiger partial charge is 0.339 e. The van der Waals surface area contributed by atoms with Crippen molar-refractivity contribution in [1.29, 1.82) is 0 Å². The van der Waals surface area contributed by atoms with Gasteiger partial charge in [0.05, 0.1) is 23.6 Å².